The fourth-order valence-electron chi connectivity index (χ4n) is 3.47. The molecule has 4 rings (SSSR count). The van der Waals surface area contributed by atoms with Gasteiger partial charge in [-0.25, -0.2) is 19.9 Å². The number of anilines is 2. The molecule has 26 heavy (non-hydrogen) atoms. The Bertz CT molecular complexity index is 853. The van der Waals surface area contributed by atoms with Crippen molar-refractivity contribution in [1.82, 2.24) is 24.8 Å². The molecule has 3 aromatic rings. The molecular formula is C20H22N6. The lowest BCUT2D eigenvalue weighted by atomic mass is 10.1. The average molecular weight is 346 g/mol. The largest absolute Gasteiger partial charge is 0.309 e. The van der Waals surface area contributed by atoms with Crippen molar-refractivity contribution in [3.8, 4) is 0 Å². The zero-order valence-corrected chi connectivity index (χ0v) is 14.8. The van der Waals surface area contributed by atoms with Gasteiger partial charge in [0, 0.05) is 25.0 Å². The molecule has 2 aromatic heterocycles. The van der Waals surface area contributed by atoms with E-state index in [9.17, 15) is 0 Å². The number of hydrogen-bond donors (Lipinski definition) is 1. The van der Waals surface area contributed by atoms with Crippen LogP contribution < -0.4 is 5.32 Å². The quantitative estimate of drug-likeness (QED) is 0.760. The molecule has 132 valence electrons. The number of rotatable bonds is 5. The zero-order valence-electron chi connectivity index (χ0n) is 14.8. The van der Waals surface area contributed by atoms with E-state index in [-0.39, 0.29) is 0 Å². The molecule has 3 heterocycles. The SMILES string of the molecule is Cc1nc(Nc2ncccn2)cc(C2CCCN2Cc2ccccc2)n1. The van der Waals surface area contributed by atoms with Crippen molar-refractivity contribution >= 4 is 11.8 Å². The first-order chi connectivity index (χ1) is 12.8. The minimum atomic E-state index is 0.314. The molecule has 1 aliphatic heterocycles. The third-order valence-electron chi connectivity index (χ3n) is 4.60. The van der Waals surface area contributed by atoms with Crippen molar-refractivity contribution in [1.29, 1.82) is 0 Å². The maximum absolute atomic E-state index is 4.72. The van der Waals surface area contributed by atoms with Gasteiger partial charge in [-0.3, -0.25) is 4.90 Å². The summed E-state index contributed by atoms with van der Waals surface area (Å²) in [5.41, 5.74) is 2.39. The van der Waals surface area contributed by atoms with Crippen LogP contribution in [-0.4, -0.2) is 31.4 Å². The van der Waals surface area contributed by atoms with Gasteiger partial charge in [0.05, 0.1) is 11.7 Å². The number of aryl methyl sites for hydroxylation is 1. The smallest absolute Gasteiger partial charge is 0.228 e. The van der Waals surface area contributed by atoms with E-state index in [4.69, 9.17) is 4.98 Å². The predicted molar refractivity (Wildman–Crippen MR) is 101 cm³/mol. The van der Waals surface area contributed by atoms with Crippen LogP contribution in [0.5, 0.6) is 0 Å². The summed E-state index contributed by atoms with van der Waals surface area (Å²) in [7, 11) is 0. The highest BCUT2D eigenvalue weighted by Gasteiger charge is 2.27. The number of nitrogens with one attached hydrogen (secondary N) is 1. The standard InChI is InChI=1S/C20H22N6/c1-15-23-17(13-19(24-15)25-20-21-10-6-11-22-20)18-9-5-12-26(18)14-16-7-3-2-4-8-16/h2-4,6-8,10-11,13,18H,5,9,12,14H2,1H3,(H,21,22,23,24,25). The summed E-state index contributed by atoms with van der Waals surface area (Å²) in [4.78, 5) is 20.1. The van der Waals surface area contributed by atoms with Crippen LogP contribution in [0.2, 0.25) is 0 Å². The second-order valence-corrected chi connectivity index (χ2v) is 6.54. The van der Waals surface area contributed by atoms with Crippen LogP contribution in [0.25, 0.3) is 0 Å². The van der Waals surface area contributed by atoms with Gasteiger partial charge in [0.15, 0.2) is 0 Å². The van der Waals surface area contributed by atoms with Crippen molar-refractivity contribution in [2.45, 2.75) is 32.4 Å². The van der Waals surface area contributed by atoms with E-state index in [1.54, 1.807) is 18.5 Å². The van der Waals surface area contributed by atoms with Crippen molar-refractivity contribution in [3.05, 3.63) is 71.9 Å². The number of nitrogens with zero attached hydrogens (tertiary/aromatic N) is 5. The number of benzene rings is 1. The van der Waals surface area contributed by atoms with Gasteiger partial charge in [0.2, 0.25) is 5.95 Å². The highest BCUT2D eigenvalue weighted by molar-refractivity contribution is 5.48. The van der Waals surface area contributed by atoms with Gasteiger partial charge in [-0.1, -0.05) is 30.3 Å². The summed E-state index contributed by atoms with van der Waals surface area (Å²) >= 11 is 0. The molecule has 1 unspecified atom stereocenters. The molecule has 6 heteroatoms. The van der Waals surface area contributed by atoms with E-state index in [2.05, 4.69) is 55.5 Å². The topological polar surface area (TPSA) is 66.8 Å². The lowest BCUT2D eigenvalue weighted by Gasteiger charge is -2.24. The normalized spacial score (nSPS) is 17.3. The molecule has 0 saturated carbocycles. The first-order valence-electron chi connectivity index (χ1n) is 8.95. The molecule has 0 spiro atoms. The minimum absolute atomic E-state index is 0.314. The van der Waals surface area contributed by atoms with Crippen molar-refractivity contribution in [3.63, 3.8) is 0 Å². The summed E-state index contributed by atoms with van der Waals surface area (Å²) in [6.07, 6.45) is 5.72. The number of hydrogen-bond acceptors (Lipinski definition) is 6. The second kappa shape index (κ2) is 7.58. The Balaban J connectivity index is 1.56. The molecule has 0 bridgehead atoms. The fraction of sp³-hybridized carbons (Fsp3) is 0.300. The van der Waals surface area contributed by atoms with Gasteiger partial charge in [-0.2, -0.15) is 0 Å². The molecule has 6 nitrogen and oxygen atoms in total. The first kappa shape index (κ1) is 16.6. The van der Waals surface area contributed by atoms with Crippen LogP contribution in [0.15, 0.2) is 54.9 Å². The molecule has 0 radical (unpaired) electrons. The molecule has 1 aliphatic rings. The number of aromatic nitrogens is 4. The summed E-state index contributed by atoms with van der Waals surface area (Å²) in [5, 5.41) is 3.18. The van der Waals surface area contributed by atoms with E-state index in [0.717, 1.165) is 36.8 Å². The molecule has 1 fully saturated rings. The van der Waals surface area contributed by atoms with Crippen LogP contribution in [0.1, 0.15) is 36.0 Å². The Morgan fingerprint density at radius 2 is 1.88 bits per heavy atom. The fourth-order valence-corrected chi connectivity index (χ4v) is 3.47. The Morgan fingerprint density at radius 3 is 2.69 bits per heavy atom. The molecule has 0 aliphatic carbocycles. The summed E-state index contributed by atoms with van der Waals surface area (Å²) in [6, 6.07) is 14.7. The number of likely N-dealkylation sites (tertiary alicyclic amines) is 1. The van der Waals surface area contributed by atoms with Crippen LogP contribution in [0, 0.1) is 6.92 Å². The average Bonchev–Trinajstić information content (AvgIpc) is 3.11. The maximum Gasteiger partial charge on any atom is 0.228 e. The molecule has 0 amide bonds. The van der Waals surface area contributed by atoms with Gasteiger partial charge in [0.1, 0.15) is 11.6 Å². The van der Waals surface area contributed by atoms with Crippen molar-refractivity contribution in [2.75, 3.05) is 11.9 Å². The van der Waals surface area contributed by atoms with Crippen molar-refractivity contribution < 1.29 is 0 Å². The molecule has 1 saturated heterocycles. The summed E-state index contributed by atoms with van der Waals surface area (Å²) in [6.45, 7) is 3.96. The van der Waals surface area contributed by atoms with Gasteiger partial charge >= 0.3 is 0 Å². The van der Waals surface area contributed by atoms with Crippen LogP contribution in [0.4, 0.5) is 11.8 Å². The predicted octanol–water partition coefficient (Wildman–Crippen LogP) is 3.66. The summed E-state index contributed by atoms with van der Waals surface area (Å²) < 4.78 is 0. The van der Waals surface area contributed by atoms with Crippen LogP contribution in [-0.2, 0) is 6.54 Å². The van der Waals surface area contributed by atoms with E-state index in [0.29, 0.717) is 12.0 Å². The van der Waals surface area contributed by atoms with Gasteiger partial charge < -0.3 is 5.32 Å². The lowest BCUT2D eigenvalue weighted by Crippen LogP contribution is -2.24. The van der Waals surface area contributed by atoms with E-state index in [1.807, 2.05) is 13.0 Å². The zero-order chi connectivity index (χ0) is 17.8. The molecule has 1 atom stereocenters. The third kappa shape index (κ3) is 3.86. The van der Waals surface area contributed by atoms with Gasteiger partial charge in [-0.15, -0.1) is 0 Å². The summed E-state index contributed by atoms with van der Waals surface area (Å²) in [5.74, 6) is 2.04. The van der Waals surface area contributed by atoms with Gasteiger partial charge in [-0.05, 0) is 37.9 Å². The second-order valence-electron chi connectivity index (χ2n) is 6.54. The van der Waals surface area contributed by atoms with Crippen molar-refractivity contribution in [2.24, 2.45) is 0 Å². The highest BCUT2D eigenvalue weighted by atomic mass is 15.2. The van der Waals surface area contributed by atoms with E-state index in [1.165, 1.54) is 12.0 Å². The minimum Gasteiger partial charge on any atom is -0.309 e. The first-order valence-corrected chi connectivity index (χ1v) is 8.95. The van der Waals surface area contributed by atoms with Crippen LogP contribution in [0.3, 0.4) is 0 Å². The Kier molecular flexibility index (Phi) is 4.84. The monoisotopic (exact) mass is 346 g/mol. The third-order valence-corrected chi connectivity index (χ3v) is 4.60. The molecule has 1 aromatic carbocycles. The maximum atomic E-state index is 4.72. The van der Waals surface area contributed by atoms with Crippen LogP contribution >= 0.6 is 0 Å². The lowest BCUT2D eigenvalue weighted by molar-refractivity contribution is 0.244. The van der Waals surface area contributed by atoms with E-state index < -0.39 is 0 Å². The van der Waals surface area contributed by atoms with E-state index >= 15 is 0 Å². The Morgan fingerprint density at radius 1 is 1.08 bits per heavy atom. The Labute approximate surface area is 153 Å². The molecule has 1 N–H and O–H groups in total. The van der Waals surface area contributed by atoms with Gasteiger partial charge in [0.25, 0.3) is 0 Å². The highest BCUT2D eigenvalue weighted by Crippen LogP contribution is 2.33. The molecular weight excluding hydrogens is 324 g/mol. The Hall–Kier alpha value is -2.86.